The second kappa shape index (κ2) is 9.12. The van der Waals surface area contributed by atoms with Crippen molar-refractivity contribution in [2.24, 2.45) is 0 Å². The Morgan fingerprint density at radius 2 is 1.62 bits per heavy atom. The minimum Gasteiger partial charge on any atom is -0.391 e. The summed E-state index contributed by atoms with van der Waals surface area (Å²) in [5.74, 6) is 0.779. The fourth-order valence-corrected chi connectivity index (χ4v) is 3.71. The third-order valence-corrected chi connectivity index (χ3v) is 5.73. The highest BCUT2D eigenvalue weighted by Crippen LogP contribution is 2.27. The van der Waals surface area contributed by atoms with E-state index in [-0.39, 0.29) is 11.4 Å². The lowest BCUT2D eigenvalue weighted by molar-refractivity contribution is 0.138. The van der Waals surface area contributed by atoms with Crippen LogP contribution in [0.4, 0.5) is 0 Å². The van der Waals surface area contributed by atoms with Gasteiger partial charge in [-0.15, -0.1) is 0 Å². The van der Waals surface area contributed by atoms with Gasteiger partial charge in [0.05, 0.1) is 6.10 Å². The van der Waals surface area contributed by atoms with Crippen LogP contribution in [0.1, 0.15) is 12.5 Å². The Hall–Kier alpha value is -0.710. The molecule has 5 heteroatoms. The third kappa shape index (κ3) is 5.68. The fourth-order valence-electron chi connectivity index (χ4n) is 2.16. The number of likely N-dealkylation sites (N-methyl/N-ethyl adjacent to an activating group) is 1. The zero-order valence-corrected chi connectivity index (χ0v) is 16.5. The molecule has 2 nitrogen and oxygen atoms in total. The number of benzene rings is 2. The van der Waals surface area contributed by atoms with Crippen LogP contribution < -0.4 is 0 Å². The number of aliphatic hydroxyl groups excluding tert-OH is 1. The topological polar surface area (TPSA) is 23.5 Å². The summed E-state index contributed by atoms with van der Waals surface area (Å²) in [6.45, 7) is 2.70. The maximum atomic E-state index is 9.96. The van der Waals surface area contributed by atoms with Gasteiger partial charge in [-0.2, -0.15) is 11.8 Å². The van der Waals surface area contributed by atoms with E-state index in [0.717, 1.165) is 11.3 Å². The number of nitrogens with zero attached hydrogens (tertiary/aromatic N) is 1. The highest BCUT2D eigenvalue weighted by molar-refractivity contribution is 7.99. The molecular formula is C19H23Cl2NOS. The molecule has 24 heavy (non-hydrogen) atoms. The predicted octanol–water partition coefficient (Wildman–Crippen LogP) is 4.82. The van der Waals surface area contributed by atoms with E-state index >= 15 is 0 Å². The van der Waals surface area contributed by atoms with Gasteiger partial charge in [0.2, 0.25) is 0 Å². The van der Waals surface area contributed by atoms with E-state index in [2.05, 4.69) is 24.3 Å². The van der Waals surface area contributed by atoms with E-state index in [9.17, 15) is 5.11 Å². The van der Waals surface area contributed by atoms with Gasteiger partial charge in [0.25, 0.3) is 0 Å². The largest absolute Gasteiger partial charge is 0.391 e. The normalized spacial score (nSPS) is 14.0. The summed E-state index contributed by atoms with van der Waals surface area (Å²) >= 11 is 13.7. The summed E-state index contributed by atoms with van der Waals surface area (Å²) in [5.41, 5.74) is 1.05. The summed E-state index contributed by atoms with van der Waals surface area (Å²) < 4.78 is 0. The van der Waals surface area contributed by atoms with Gasteiger partial charge in [-0.25, -0.2) is 0 Å². The van der Waals surface area contributed by atoms with E-state index < -0.39 is 0 Å². The van der Waals surface area contributed by atoms with Gasteiger partial charge < -0.3 is 10.0 Å². The van der Waals surface area contributed by atoms with E-state index in [1.165, 1.54) is 10.4 Å². The molecule has 0 bridgehead atoms. The van der Waals surface area contributed by atoms with Gasteiger partial charge in [-0.3, -0.25) is 0 Å². The molecule has 2 aliphatic carbocycles. The molecule has 2 atom stereocenters. The van der Waals surface area contributed by atoms with Crippen LogP contribution in [-0.4, -0.2) is 42.0 Å². The van der Waals surface area contributed by atoms with Crippen molar-refractivity contribution < 1.29 is 5.11 Å². The standard InChI is InChI=1S/C13H19Cl2NOS.C6H4/c1-9(13(17)7-16(2)3)18-8-10-4-5-11(14)6-12(10)15;1-2-6-4-3-5(1)6/h4-6,9,13,17H,7-8H2,1-3H3;1-4H. The molecular weight excluding hydrogens is 361 g/mol. The summed E-state index contributed by atoms with van der Waals surface area (Å²) in [5, 5.41) is 14.3. The number of thioether (sulfide) groups is 1. The summed E-state index contributed by atoms with van der Waals surface area (Å²) in [4.78, 5) is 1.98. The Labute approximate surface area is 158 Å². The molecule has 1 aromatic rings. The Morgan fingerprint density at radius 3 is 2.04 bits per heavy atom. The summed E-state index contributed by atoms with van der Waals surface area (Å²) in [7, 11) is 3.91. The number of hydrogen-bond donors (Lipinski definition) is 1. The van der Waals surface area contributed by atoms with Gasteiger partial charge in [0, 0.05) is 27.6 Å². The van der Waals surface area contributed by atoms with Crippen molar-refractivity contribution in [3.05, 3.63) is 68.5 Å². The Morgan fingerprint density at radius 1 is 1.04 bits per heavy atom. The van der Waals surface area contributed by atoms with Crippen molar-refractivity contribution in [1.29, 1.82) is 0 Å². The first-order valence-corrected chi connectivity index (χ1v) is 9.66. The fraction of sp³-hybridized carbons (Fsp3) is 0.368. The van der Waals surface area contributed by atoms with Crippen LogP contribution in [0.25, 0.3) is 0 Å². The maximum absolute atomic E-state index is 9.96. The molecule has 0 fully saturated rings. The molecule has 0 spiro atoms. The SMILES string of the molecule is CC(SCc1ccc(Cl)cc1Cl)C(O)CN(C)C.c1cc2ccc1=2. The number of rotatable bonds is 6. The smallest absolute Gasteiger partial charge is 0.0782 e. The molecule has 0 radical (unpaired) electrons. The van der Waals surface area contributed by atoms with Gasteiger partial charge in [-0.1, -0.05) is 60.5 Å². The van der Waals surface area contributed by atoms with Crippen molar-refractivity contribution in [2.75, 3.05) is 20.6 Å². The molecule has 0 saturated heterocycles. The average molecular weight is 384 g/mol. The van der Waals surface area contributed by atoms with E-state index in [1.54, 1.807) is 17.8 Å². The first-order valence-electron chi connectivity index (χ1n) is 7.85. The van der Waals surface area contributed by atoms with Crippen molar-refractivity contribution in [3.8, 4) is 0 Å². The highest BCUT2D eigenvalue weighted by atomic mass is 35.5. The molecule has 0 aliphatic heterocycles. The van der Waals surface area contributed by atoms with Gasteiger partial charge in [0.1, 0.15) is 0 Å². The summed E-state index contributed by atoms with van der Waals surface area (Å²) in [6, 6.07) is 14.0. The lowest BCUT2D eigenvalue weighted by atomic mass is 10.1. The van der Waals surface area contributed by atoms with Crippen molar-refractivity contribution >= 4 is 35.0 Å². The van der Waals surface area contributed by atoms with Gasteiger partial charge >= 0.3 is 0 Å². The number of hydrogen-bond acceptors (Lipinski definition) is 3. The lowest BCUT2D eigenvalue weighted by Gasteiger charge is -2.22. The molecule has 0 saturated carbocycles. The molecule has 2 unspecified atom stereocenters. The summed E-state index contributed by atoms with van der Waals surface area (Å²) in [6.07, 6.45) is -0.337. The Balaban J connectivity index is 0.000000282. The van der Waals surface area contributed by atoms with Crippen molar-refractivity contribution in [3.63, 3.8) is 0 Å². The Kier molecular flexibility index (Phi) is 7.45. The second-order valence-corrected chi connectivity index (χ2v) is 8.37. The van der Waals surface area contributed by atoms with Crippen LogP contribution in [0.15, 0.2) is 42.5 Å². The van der Waals surface area contributed by atoms with Crippen LogP contribution in [0.5, 0.6) is 0 Å². The zero-order valence-electron chi connectivity index (χ0n) is 14.2. The molecule has 3 rings (SSSR count). The second-order valence-electron chi connectivity index (χ2n) is 6.16. The number of aliphatic hydroxyl groups is 1. The third-order valence-electron chi connectivity index (χ3n) is 3.83. The highest BCUT2D eigenvalue weighted by Gasteiger charge is 2.16. The molecule has 2 aliphatic rings. The van der Waals surface area contributed by atoms with Crippen LogP contribution in [0, 0.1) is 10.4 Å². The lowest BCUT2D eigenvalue weighted by Crippen LogP contribution is -2.32. The Bertz CT molecular complexity index is 716. The van der Waals surface area contributed by atoms with E-state index in [1.807, 2.05) is 38.1 Å². The predicted molar refractivity (Wildman–Crippen MR) is 106 cm³/mol. The quantitative estimate of drug-likeness (QED) is 0.659. The minimum atomic E-state index is -0.337. The molecule has 0 heterocycles. The molecule has 0 amide bonds. The van der Waals surface area contributed by atoms with Crippen LogP contribution in [-0.2, 0) is 5.75 Å². The van der Waals surface area contributed by atoms with Crippen LogP contribution in [0.3, 0.4) is 0 Å². The van der Waals surface area contributed by atoms with Crippen LogP contribution >= 0.6 is 35.0 Å². The monoisotopic (exact) mass is 383 g/mol. The first-order chi connectivity index (χ1) is 11.4. The van der Waals surface area contributed by atoms with E-state index in [0.29, 0.717) is 16.6 Å². The molecule has 1 N–H and O–H groups in total. The average Bonchev–Trinajstić information content (AvgIpc) is 2.49. The van der Waals surface area contributed by atoms with Crippen molar-refractivity contribution in [1.82, 2.24) is 4.90 Å². The maximum Gasteiger partial charge on any atom is 0.0782 e. The van der Waals surface area contributed by atoms with E-state index in [4.69, 9.17) is 23.2 Å². The number of halogens is 2. The molecule has 130 valence electrons. The van der Waals surface area contributed by atoms with Gasteiger partial charge in [0.15, 0.2) is 0 Å². The molecule has 0 aromatic heterocycles. The van der Waals surface area contributed by atoms with Crippen molar-refractivity contribution in [2.45, 2.75) is 24.0 Å². The van der Waals surface area contributed by atoms with Gasteiger partial charge in [-0.05, 0) is 42.2 Å². The zero-order chi connectivity index (χ0) is 17.7. The van der Waals surface area contributed by atoms with Crippen LogP contribution in [0.2, 0.25) is 10.0 Å². The molecule has 1 aromatic carbocycles. The first kappa shape index (κ1) is 19.6. The minimum absolute atomic E-state index is 0.166.